The van der Waals surface area contributed by atoms with Gasteiger partial charge in [-0.15, -0.1) is 0 Å². The summed E-state index contributed by atoms with van der Waals surface area (Å²) in [6.45, 7) is 9.83. The highest BCUT2D eigenvalue weighted by Crippen LogP contribution is 2.06. The Labute approximate surface area is 103 Å². The Morgan fingerprint density at radius 2 is 1.82 bits per heavy atom. The molecule has 90 valence electrons. The zero-order chi connectivity index (χ0) is 12.8. The van der Waals surface area contributed by atoms with Gasteiger partial charge in [-0.25, -0.2) is 0 Å². The van der Waals surface area contributed by atoms with Gasteiger partial charge in [0.05, 0.1) is 0 Å². The molecule has 1 heterocycles. The van der Waals surface area contributed by atoms with Gasteiger partial charge in [0.2, 0.25) is 0 Å². The molecule has 0 unspecified atom stereocenters. The van der Waals surface area contributed by atoms with Crippen LogP contribution < -0.4 is 10.6 Å². The SMILES string of the molecule is C=C/C=c1\c(=C/C)n(C)c2ccccc12.CC. The van der Waals surface area contributed by atoms with Crippen LogP contribution in [0.4, 0.5) is 0 Å². The Balaban J connectivity index is 0.000000686. The van der Waals surface area contributed by atoms with Gasteiger partial charge < -0.3 is 4.57 Å². The van der Waals surface area contributed by atoms with E-state index in [1.54, 1.807) is 0 Å². The third kappa shape index (κ3) is 2.33. The van der Waals surface area contributed by atoms with Gasteiger partial charge in [0, 0.05) is 28.5 Å². The summed E-state index contributed by atoms with van der Waals surface area (Å²) in [7, 11) is 2.10. The fourth-order valence-corrected chi connectivity index (χ4v) is 2.08. The zero-order valence-corrected chi connectivity index (χ0v) is 11.2. The van der Waals surface area contributed by atoms with Gasteiger partial charge in [-0.3, -0.25) is 0 Å². The standard InChI is InChI=1S/C14H15N.C2H6/c1-4-8-11-12-9-6-7-10-14(12)15(3)13(11)5-2;1-2/h4-10H,1H2,2-3H3;1-2H3/b11-8-,13-5+;. The molecule has 0 atom stereocenters. The number of benzene rings is 1. The molecule has 1 heteroatoms. The predicted octanol–water partition coefficient (Wildman–Crippen LogP) is 2.97. The molecule has 0 aliphatic carbocycles. The van der Waals surface area contributed by atoms with Gasteiger partial charge in [0.25, 0.3) is 0 Å². The Morgan fingerprint density at radius 3 is 2.41 bits per heavy atom. The first-order chi connectivity index (χ1) is 8.29. The van der Waals surface area contributed by atoms with E-state index in [-0.39, 0.29) is 0 Å². The van der Waals surface area contributed by atoms with E-state index >= 15 is 0 Å². The Bertz CT molecular complexity index is 615. The summed E-state index contributed by atoms with van der Waals surface area (Å²) >= 11 is 0. The van der Waals surface area contributed by atoms with Gasteiger partial charge in [0.15, 0.2) is 0 Å². The number of hydrogen-bond donors (Lipinski definition) is 0. The number of fused-ring (bicyclic) bond motifs is 1. The van der Waals surface area contributed by atoms with Crippen molar-refractivity contribution in [3.8, 4) is 0 Å². The molecule has 0 saturated carbocycles. The molecule has 0 aliphatic rings. The number of aryl methyl sites for hydroxylation is 1. The highest BCUT2D eigenvalue weighted by Gasteiger charge is 2.01. The minimum Gasteiger partial charge on any atom is -0.344 e. The smallest absolute Gasteiger partial charge is 0.0488 e. The summed E-state index contributed by atoms with van der Waals surface area (Å²) in [5, 5.41) is 3.79. The highest BCUT2D eigenvalue weighted by molar-refractivity contribution is 5.82. The van der Waals surface area contributed by atoms with Crippen LogP contribution in [0.5, 0.6) is 0 Å². The second kappa shape index (κ2) is 6.09. The van der Waals surface area contributed by atoms with E-state index in [0.29, 0.717) is 0 Å². The van der Waals surface area contributed by atoms with Crippen LogP contribution in [0.15, 0.2) is 36.9 Å². The minimum absolute atomic E-state index is 1.25. The lowest BCUT2D eigenvalue weighted by molar-refractivity contribution is 0.924. The number of hydrogen-bond acceptors (Lipinski definition) is 0. The fraction of sp³-hybridized carbons (Fsp3) is 0.250. The van der Waals surface area contributed by atoms with Crippen molar-refractivity contribution in [2.45, 2.75) is 20.8 Å². The van der Waals surface area contributed by atoms with E-state index in [2.05, 4.69) is 61.5 Å². The van der Waals surface area contributed by atoms with Gasteiger partial charge in [-0.1, -0.05) is 56.9 Å². The molecule has 1 aromatic heterocycles. The minimum atomic E-state index is 1.25. The van der Waals surface area contributed by atoms with Crippen LogP contribution in [-0.4, -0.2) is 4.57 Å². The first-order valence-corrected chi connectivity index (χ1v) is 6.12. The highest BCUT2D eigenvalue weighted by atomic mass is 14.9. The third-order valence-corrected chi connectivity index (χ3v) is 2.75. The lowest BCUT2D eigenvalue weighted by atomic mass is 10.2. The number of rotatable bonds is 1. The molecule has 2 rings (SSSR count). The topological polar surface area (TPSA) is 4.93 Å². The van der Waals surface area contributed by atoms with Gasteiger partial charge in [-0.05, 0) is 13.0 Å². The van der Waals surface area contributed by atoms with Gasteiger partial charge in [0.1, 0.15) is 0 Å². The van der Waals surface area contributed by atoms with Crippen molar-refractivity contribution in [2.24, 2.45) is 7.05 Å². The van der Waals surface area contributed by atoms with Crippen LogP contribution >= 0.6 is 0 Å². The molecular weight excluding hydrogens is 206 g/mol. The second-order valence-corrected chi connectivity index (χ2v) is 3.57. The molecule has 1 nitrogen and oxygen atoms in total. The number of para-hydroxylation sites is 1. The average molecular weight is 227 g/mol. The van der Waals surface area contributed by atoms with Gasteiger partial charge in [-0.2, -0.15) is 0 Å². The predicted molar refractivity (Wildman–Crippen MR) is 78.3 cm³/mol. The summed E-state index contributed by atoms with van der Waals surface area (Å²) in [5.41, 5.74) is 1.26. The summed E-state index contributed by atoms with van der Waals surface area (Å²) in [5.74, 6) is 0. The lowest BCUT2D eigenvalue weighted by Crippen LogP contribution is -2.26. The molecule has 1 aromatic carbocycles. The first kappa shape index (κ1) is 13.3. The van der Waals surface area contributed by atoms with Crippen LogP contribution in [0, 0.1) is 0 Å². The average Bonchev–Trinajstić information content (AvgIpc) is 2.66. The van der Waals surface area contributed by atoms with E-state index < -0.39 is 0 Å². The van der Waals surface area contributed by atoms with E-state index in [0.717, 1.165) is 0 Å². The summed E-state index contributed by atoms with van der Waals surface area (Å²) in [6, 6.07) is 8.43. The number of aromatic nitrogens is 1. The maximum Gasteiger partial charge on any atom is 0.0488 e. The molecule has 0 fully saturated rings. The molecule has 0 spiro atoms. The van der Waals surface area contributed by atoms with Gasteiger partial charge >= 0.3 is 0 Å². The van der Waals surface area contributed by atoms with Crippen molar-refractivity contribution >= 4 is 23.1 Å². The monoisotopic (exact) mass is 227 g/mol. The van der Waals surface area contributed by atoms with E-state index in [1.165, 1.54) is 21.5 Å². The lowest BCUT2D eigenvalue weighted by Gasteiger charge is -1.94. The first-order valence-electron chi connectivity index (χ1n) is 6.12. The van der Waals surface area contributed by atoms with Crippen molar-refractivity contribution in [3.63, 3.8) is 0 Å². The number of nitrogens with zero attached hydrogens (tertiary/aromatic N) is 1. The Morgan fingerprint density at radius 1 is 1.18 bits per heavy atom. The van der Waals surface area contributed by atoms with Crippen LogP contribution in [-0.2, 0) is 7.05 Å². The molecule has 0 N–H and O–H groups in total. The molecular formula is C16H21N. The van der Waals surface area contributed by atoms with E-state index in [9.17, 15) is 0 Å². The van der Waals surface area contributed by atoms with Crippen molar-refractivity contribution in [3.05, 3.63) is 47.5 Å². The van der Waals surface area contributed by atoms with Crippen LogP contribution in [0.3, 0.4) is 0 Å². The third-order valence-electron chi connectivity index (χ3n) is 2.75. The van der Waals surface area contributed by atoms with Crippen LogP contribution in [0.25, 0.3) is 23.1 Å². The molecule has 2 aromatic rings. The molecule has 0 aliphatic heterocycles. The van der Waals surface area contributed by atoms with Crippen LogP contribution in [0.1, 0.15) is 20.8 Å². The molecule has 0 amide bonds. The fourth-order valence-electron chi connectivity index (χ4n) is 2.08. The van der Waals surface area contributed by atoms with Crippen molar-refractivity contribution in [1.82, 2.24) is 4.57 Å². The Kier molecular flexibility index (Phi) is 4.77. The quantitative estimate of drug-likeness (QED) is 0.706. The van der Waals surface area contributed by atoms with E-state index in [1.807, 2.05) is 19.9 Å². The van der Waals surface area contributed by atoms with Crippen molar-refractivity contribution in [2.75, 3.05) is 0 Å². The largest absolute Gasteiger partial charge is 0.344 e. The maximum absolute atomic E-state index is 3.77. The summed E-state index contributed by atoms with van der Waals surface area (Å²) < 4.78 is 2.21. The molecule has 0 saturated heterocycles. The molecule has 0 radical (unpaired) electrons. The molecule has 0 bridgehead atoms. The van der Waals surface area contributed by atoms with Crippen molar-refractivity contribution < 1.29 is 0 Å². The van der Waals surface area contributed by atoms with E-state index in [4.69, 9.17) is 0 Å². The zero-order valence-electron chi connectivity index (χ0n) is 11.2. The Hall–Kier alpha value is -1.76. The normalized spacial score (nSPS) is 12.5. The summed E-state index contributed by atoms with van der Waals surface area (Å²) in [4.78, 5) is 0. The van der Waals surface area contributed by atoms with Crippen LogP contribution in [0.2, 0.25) is 0 Å². The van der Waals surface area contributed by atoms with Crippen molar-refractivity contribution in [1.29, 1.82) is 0 Å². The maximum atomic E-state index is 3.77. The molecule has 17 heavy (non-hydrogen) atoms. The number of allylic oxidation sites excluding steroid dienone is 1. The summed E-state index contributed by atoms with van der Waals surface area (Å²) in [6.07, 6.45) is 6.04. The second-order valence-electron chi connectivity index (χ2n) is 3.57.